The molecule has 0 unspecified atom stereocenters. The van der Waals surface area contributed by atoms with Crippen molar-refractivity contribution in [1.29, 1.82) is 0 Å². The molecule has 0 amide bonds. The van der Waals surface area contributed by atoms with E-state index in [4.69, 9.17) is 10.3 Å². The van der Waals surface area contributed by atoms with Crippen molar-refractivity contribution in [2.75, 3.05) is 11.5 Å². The van der Waals surface area contributed by atoms with E-state index in [-0.39, 0.29) is 0 Å². The van der Waals surface area contributed by atoms with E-state index in [1.165, 1.54) is 0 Å². The minimum Gasteiger partial charge on any atom is -0.398 e. The number of nitrogen functional groups attached to an aromatic ring is 1. The molecule has 2 N–H and O–H groups in total. The largest absolute Gasteiger partial charge is 0.398 e. The summed E-state index contributed by atoms with van der Waals surface area (Å²) in [5.41, 5.74) is 7.30. The van der Waals surface area contributed by atoms with Crippen molar-refractivity contribution in [2.45, 2.75) is 19.1 Å². The van der Waals surface area contributed by atoms with E-state index in [9.17, 15) is 0 Å². The Balaban J connectivity index is 2.10. The highest BCUT2D eigenvalue weighted by atomic mass is 32.2. The van der Waals surface area contributed by atoms with E-state index < -0.39 is 0 Å². The van der Waals surface area contributed by atoms with E-state index >= 15 is 0 Å². The second-order valence-corrected chi connectivity index (χ2v) is 4.76. The van der Waals surface area contributed by atoms with Crippen molar-refractivity contribution in [3.05, 3.63) is 30.1 Å². The highest BCUT2D eigenvalue weighted by Gasteiger charge is 2.10. The molecule has 1 heterocycles. The number of rotatable bonds is 5. The molecule has 1 aromatic carbocycles. The van der Waals surface area contributed by atoms with Gasteiger partial charge in [-0.3, -0.25) is 0 Å². The van der Waals surface area contributed by atoms with Crippen LogP contribution in [0, 0.1) is 0 Å². The zero-order chi connectivity index (χ0) is 12.1. The zero-order valence-electron chi connectivity index (χ0n) is 9.72. The first-order valence-corrected chi connectivity index (χ1v) is 6.72. The normalized spacial score (nSPS) is 10.6. The summed E-state index contributed by atoms with van der Waals surface area (Å²) in [5, 5.41) is 3.94. The van der Waals surface area contributed by atoms with Crippen LogP contribution in [-0.4, -0.2) is 15.9 Å². The van der Waals surface area contributed by atoms with E-state index in [0.29, 0.717) is 11.6 Å². The van der Waals surface area contributed by atoms with Gasteiger partial charge in [0.15, 0.2) is 5.82 Å². The monoisotopic (exact) mass is 249 g/mol. The van der Waals surface area contributed by atoms with Crippen LogP contribution in [0.2, 0.25) is 0 Å². The number of aromatic nitrogens is 2. The predicted octanol–water partition coefficient (Wildman–Crippen LogP) is 2.96. The molecule has 90 valence electrons. The van der Waals surface area contributed by atoms with Gasteiger partial charge in [0, 0.05) is 5.69 Å². The Bertz CT molecular complexity index is 484. The molecule has 0 aliphatic carbocycles. The fourth-order valence-corrected chi connectivity index (χ4v) is 2.15. The van der Waals surface area contributed by atoms with Gasteiger partial charge in [0.25, 0.3) is 5.89 Å². The fourth-order valence-electron chi connectivity index (χ4n) is 1.42. The molecular formula is C12H15N3OS. The Kier molecular flexibility index (Phi) is 4.03. The number of anilines is 1. The van der Waals surface area contributed by atoms with E-state index in [1.807, 2.05) is 24.3 Å². The number of nitrogens with two attached hydrogens (primary N) is 1. The molecule has 0 fully saturated rings. The minimum atomic E-state index is 0.496. The quantitative estimate of drug-likeness (QED) is 0.652. The third-order valence-electron chi connectivity index (χ3n) is 2.24. The zero-order valence-corrected chi connectivity index (χ0v) is 10.5. The van der Waals surface area contributed by atoms with Crippen molar-refractivity contribution in [1.82, 2.24) is 10.1 Å². The van der Waals surface area contributed by atoms with Crippen LogP contribution in [0.15, 0.2) is 28.8 Å². The third kappa shape index (κ3) is 3.00. The number of para-hydroxylation sites is 1. The molecule has 2 aromatic rings. The highest BCUT2D eigenvalue weighted by Crippen LogP contribution is 2.24. The van der Waals surface area contributed by atoms with E-state index in [0.717, 1.165) is 29.3 Å². The summed E-state index contributed by atoms with van der Waals surface area (Å²) in [5.74, 6) is 3.11. The summed E-state index contributed by atoms with van der Waals surface area (Å²) in [4.78, 5) is 4.33. The van der Waals surface area contributed by atoms with Crippen LogP contribution in [0.3, 0.4) is 0 Å². The molecule has 0 saturated carbocycles. The lowest BCUT2D eigenvalue weighted by molar-refractivity contribution is 0.425. The fraction of sp³-hybridized carbons (Fsp3) is 0.333. The first-order valence-electron chi connectivity index (χ1n) is 5.56. The average Bonchev–Trinajstić information content (AvgIpc) is 2.79. The lowest BCUT2D eigenvalue weighted by atomic mass is 10.2. The van der Waals surface area contributed by atoms with Crippen molar-refractivity contribution in [3.8, 4) is 11.5 Å². The van der Waals surface area contributed by atoms with Gasteiger partial charge >= 0.3 is 0 Å². The third-order valence-corrected chi connectivity index (χ3v) is 3.40. The first kappa shape index (κ1) is 12.0. The molecule has 17 heavy (non-hydrogen) atoms. The molecule has 0 bridgehead atoms. The maximum absolute atomic E-state index is 5.85. The number of thioether (sulfide) groups is 1. The standard InChI is InChI=1S/C12H15N3OS/c1-2-7-17-8-11-14-12(16-15-11)9-5-3-4-6-10(9)13/h3-6H,2,7-8,13H2,1H3. The van der Waals surface area contributed by atoms with E-state index in [2.05, 4.69) is 17.1 Å². The van der Waals surface area contributed by atoms with Gasteiger partial charge in [-0.2, -0.15) is 16.7 Å². The second-order valence-electron chi connectivity index (χ2n) is 3.66. The molecule has 0 aliphatic heterocycles. The van der Waals surface area contributed by atoms with Gasteiger partial charge in [0.2, 0.25) is 0 Å². The smallest absolute Gasteiger partial charge is 0.260 e. The Morgan fingerprint density at radius 1 is 1.35 bits per heavy atom. The summed E-state index contributed by atoms with van der Waals surface area (Å²) in [6.07, 6.45) is 1.15. The Labute approximate surface area is 105 Å². The highest BCUT2D eigenvalue weighted by molar-refractivity contribution is 7.98. The Morgan fingerprint density at radius 3 is 2.94 bits per heavy atom. The minimum absolute atomic E-state index is 0.496. The Morgan fingerprint density at radius 2 is 2.18 bits per heavy atom. The molecular weight excluding hydrogens is 234 g/mol. The topological polar surface area (TPSA) is 64.9 Å². The summed E-state index contributed by atoms with van der Waals surface area (Å²) < 4.78 is 5.21. The van der Waals surface area contributed by atoms with Gasteiger partial charge in [0.1, 0.15) is 0 Å². The van der Waals surface area contributed by atoms with Gasteiger partial charge in [0.05, 0.1) is 11.3 Å². The van der Waals surface area contributed by atoms with Gasteiger partial charge in [-0.1, -0.05) is 24.2 Å². The SMILES string of the molecule is CCCSCc1noc(-c2ccccc2N)n1. The molecule has 5 heteroatoms. The maximum atomic E-state index is 5.85. The molecule has 0 spiro atoms. The second kappa shape index (κ2) is 5.72. The van der Waals surface area contributed by atoms with Crippen molar-refractivity contribution in [3.63, 3.8) is 0 Å². The summed E-state index contributed by atoms with van der Waals surface area (Å²) in [6, 6.07) is 7.49. The number of nitrogens with zero attached hydrogens (tertiary/aromatic N) is 2. The lowest BCUT2D eigenvalue weighted by Gasteiger charge is -1.97. The van der Waals surface area contributed by atoms with Crippen LogP contribution in [0.25, 0.3) is 11.5 Å². The van der Waals surface area contributed by atoms with Crippen LogP contribution in [0.1, 0.15) is 19.2 Å². The first-order chi connectivity index (χ1) is 8.31. The summed E-state index contributed by atoms with van der Waals surface area (Å²) in [7, 11) is 0. The van der Waals surface area contributed by atoms with Gasteiger partial charge in [-0.25, -0.2) is 0 Å². The van der Waals surface area contributed by atoms with Crippen LogP contribution < -0.4 is 5.73 Å². The van der Waals surface area contributed by atoms with Crippen molar-refractivity contribution < 1.29 is 4.52 Å². The van der Waals surface area contributed by atoms with Crippen LogP contribution in [-0.2, 0) is 5.75 Å². The van der Waals surface area contributed by atoms with Gasteiger partial charge in [-0.05, 0) is 24.3 Å². The average molecular weight is 249 g/mol. The predicted molar refractivity (Wildman–Crippen MR) is 70.6 cm³/mol. The maximum Gasteiger partial charge on any atom is 0.260 e. The Hall–Kier alpha value is -1.49. The van der Waals surface area contributed by atoms with E-state index in [1.54, 1.807) is 11.8 Å². The molecule has 2 rings (SSSR count). The molecule has 0 aliphatic rings. The van der Waals surface area contributed by atoms with Crippen molar-refractivity contribution in [2.24, 2.45) is 0 Å². The molecule has 0 atom stereocenters. The van der Waals surface area contributed by atoms with Gasteiger partial charge in [-0.15, -0.1) is 0 Å². The molecule has 4 nitrogen and oxygen atoms in total. The van der Waals surface area contributed by atoms with Gasteiger partial charge < -0.3 is 10.3 Å². The molecule has 1 aromatic heterocycles. The van der Waals surface area contributed by atoms with Crippen molar-refractivity contribution >= 4 is 17.4 Å². The number of benzene rings is 1. The summed E-state index contributed by atoms with van der Waals surface area (Å²) >= 11 is 1.80. The number of hydrogen-bond acceptors (Lipinski definition) is 5. The summed E-state index contributed by atoms with van der Waals surface area (Å²) in [6.45, 7) is 2.15. The molecule has 0 saturated heterocycles. The van der Waals surface area contributed by atoms with Crippen LogP contribution in [0.4, 0.5) is 5.69 Å². The van der Waals surface area contributed by atoms with Crippen LogP contribution in [0.5, 0.6) is 0 Å². The van der Waals surface area contributed by atoms with Crippen LogP contribution >= 0.6 is 11.8 Å². The number of hydrogen-bond donors (Lipinski definition) is 1. The molecule has 0 radical (unpaired) electrons. The lowest BCUT2D eigenvalue weighted by Crippen LogP contribution is -1.90.